The number of ether oxygens (including phenoxy) is 3. The molecule has 3 atom stereocenters. The highest BCUT2D eigenvalue weighted by Gasteiger charge is 2.37. The zero-order valence-electron chi connectivity index (χ0n) is 19.8. The number of rotatable bonds is 9. The standard InChI is InChI=1S/C26H46O4/c1-4-6-7-9-23-18-28-26(29-19(23)3)22-14-12-21(13-15-22)25(27)30-24-16-10-20(8-5-2)11-17-24/h19-24,26H,4-18H2,1-3H3/t19?,20-,21-,22-,23?,24-,26?. The molecule has 4 heteroatoms. The second-order valence-corrected chi connectivity index (χ2v) is 10.3. The maximum atomic E-state index is 12.7. The molecule has 0 radical (unpaired) electrons. The maximum Gasteiger partial charge on any atom is 0.309 e. The van der Waals surface area contributed by atoms with Crippen molar-refractivity contribution in [3.8, 4) is 0 Å². The van der Waals surface area contributed by atoms with Crippen LogP contribution in [0.15, 0.2) is 0 Å². The van der Waals surface area contributed by atoms with E-state index in [-0.39, 0.29) is 30.4 Å². The van der Waals surface area contributed by atoms with Gasteiger partial charge in [-0.15, -0.1) is 0 Å². The summed E-state index contributed by atoms with van der Waals surface area (Å²) in [5.74, 6) is 1.95. The second-order valence-electron chi connectivity index (χ2n) is 10.3. The van der Waals surface area contributed by atoms with Crippen LogP contribution in [0.4, 0.5) is 0 Å². The first-order valence-corrected chi connectivity index (χ1v) is 13.1. The summed E-state index contributed by atoms with van der Waals surface area (Å²) in [6.45, 7) is 7.55. The first-order valence-electron chi connectivity index (χ1n) is 13.1. The van der Waals surface area contributed by atoms with Gasteiger partial charge in [-0.1, -0.05) is 46.0 Å². The molecule has 2 aliphatic carbocycles. The van der Waals surface area contributed by atoms with Gasteiger partial charge < -0.3 is 14.2 Å². The molecule has 1 heterocycles. The number of hydrogen-bond acceptors (Lipinski definition) is 4. The lowest BCUT2D eigenvalue weighted by molar-refractivity contribution is -0.257. The monoisotopic (exact) mass is 422 g/mol. The van der Waals surface area contributed by atoms with Crippen LogP contribution in [0.1, 0.15) is 111 Å². The Labute approximate surface area is 184 Å². The van der Waals surface area contributed by atoms with Crippen molar-refractivity contribution in [1.82, 2.24) is 0 Å². The van der Waals surface area contributed by atoms with Gasteiger partial charge in [0.25, 0.3) is 0 Å². The third kappa shape index (κ3) is 6.95. The Kier molecular flexibility index (Phi) is 9.96. The van der Waals surface area contributed by atoms with E-state index in [4.69, 9.17) is 14.2 Å². The van der Waals surface area contributed by atoms with Crippen LogP contribution in [0.3, 0.4) is 0 Å². The van der Waals surface area contributed by atoms with E-state index in [2.05, 4.69) is 20.8 Å². The van der Waals surface area contributed by atoms with E-state index in [1.807, 2.05) is 0 Å². The minimum absolute atomic E-state index is 0.0576. The van der Waals surface area contributed by atoms with Crippen molar-refractivity contribution in [2.75, 3.05) is 6.61 Å². The summed E-state index contributed by atoms with van der Waals surface area (Å²) in [6.07, 6.45) is 16.5. The lowest BCUT2D eigenvalue weighted by Crippen LogP contribution is -2.43. The average molecular weight is 423 g/mol. The molecule has 3 aliphatic rings. The van der Waals surface area contributed by atoms with Gasteiger partial charge in [-0.05, 0) is 70.6 Å². The fourth-order valence-corrected chi connectivity index (χ4v) is 5.77. The highest BCUT2D eigenvalue weighted by atomic mass is 16.7. The molecule has 3 unspecified atom stereocenters. The van der Waals surface area contributed by atoms with Gasteiger partial charge >= 0.3 is 5.97 Å². The van der Waals surface area contributed by atoms with E-state index < -0.39 is 0 Å². The minimum atomic E-state index is -0.0757. The van der Waals surface area contributed by atoms with E-state index in [0.29, 0.717) is 11.8 Å². The molecule has 0 N–H and O–H groups in total. The summed E-state index contributed by atoms with van der Waals surface area (Å²) in [4.78, 5) is 12.7. The normalized spacial score (nSPS) is 37.6. The molecule has 0 aromatic heterocycles. The summed E-state index contributed by atoms with van der Waals surface area (Å²) in [5, 5.41) is 0. The van der Waals surface area contributed by atoms with Crippen LogP contribution in [-0.2, 0) is 19.0 Å². The molecule has 0 spiro atoms. The molecule has 174 valence electrons. The molecule has 1 saturated heterocycles. The molecule has 0 bridgehead atoms. The quantitative estimate of drug-likeness (QED) is 0.308. The van der Waals surface area contributed by atoms with Gasteiger partial charge in [-0.2, -0.15) is 0 Å². The number of unbranched alkanes of at least 4 members (excludes halogenated alkanes) is 2. The summed E-state index contributed by atoms with van der Waals surface area (Å²) >= 11 is 0. The Hall–Kier alpha value is -0.610. The number of carbonyl (C=O) groups is 1. The Morgan fingerprint density at radius 1 is 0.900 bits per heavy atom. The van der Waals surface area contributed by atoms with Crippen LogP contribution >= 0.6 is 0 Å². The highest BCUT2D eigenvalue weighted by molar-refractivity contribution is 5.72. The molecule has 0 aromatic rings. The van der Waals surface area contributed by atoms with E-state index in [1.54, 1.807) is 0 Å². The van der Waals surface area contributed by atoms with Crippen molar-refractivity contribution < 1.29 is 19.0 Å². The zero-order chi connectivity index (χ0) is 21.3. The first-order chi connectivity index (χ1) is 14.6. The molecule has 4 nitrogen and oxygen atoms in total. The van der Waals surface area contributed by atoms with Crippen molar-refractivity contribution in [3.63, 3.8) is 0 Å². The molecule has 2 saturated carbocycles. The fraction of sp³-hybridized carbons (Fsp3) is 0.962. The van der Waals surface area contributed by atoms with Crippen molar-refractivity contribution >= 4 is 5.97 Å². The van der Waals surface area contributed by atoms with E-state index in [0.717, 1.165) is 51.0 Å². The summed E-state index contributed by atoms with van der Waals surface area (Å²) in [5.41, 5.74) is 0. The highest BCUT2D eigenvalue weighted by Crippen LogP contribution is 2.37. The van der Waals surface area contributed by atoms with Crippen molar-refractivity contribution in [3.05, 3.63) is 0 Å². The number of esters is 1. The zero-order valence-corrected chi connectivity index (χ0v) is 19.8. The minimum Gasteiger partial charge on any atom is -0.462 e. The molecule has 0 aromatic carbocycles. The Balaban J connectivity index is 1.34. The third-order valence-corrected chi connectivity index (χ3v) is 7.93. The number of hydrogen-bond donors (Lipinski definition) is 0. The van der Waals surface area contributed by atoms with E-state index >= 15 is 0 Å². The smallest absolute Gasteiger partial charge is 0.309 e. The largest absolute Gasteiger partial charge is 0.462 e. The van der Waals surface area contributed by atoms with Gasteiger partial charge in [0.2, 0.25) is 0 Å². The second kappa shape index (κ2) is 12.4. The van der Waals surface area contributed by atoms with Crippen LogP contribution in [0.5, 0.6) is 0 Å². The molecule has 3 rings (SSSR count). The molecule has 3 fully saturated rings. The van der Waals surface area contributed by atoms with Crippen molar-refractivity contribution in [2.45, 2.75) is 129 Å². The summed E-state index contributed by atoms with van der Waals surface area (Å²) in [7, 11) is 0. The average Bonchev–Trinajstić information content (AvgIpc) is 2.76. The lowest BCUT2D eigenvalue weighted by atomic mass is 9.81. The number of carbonyl (C=O) groups excluding carboxylic acids is 1. The third-order valence-electron chi connectivity index (χ3n) is 7.93. The maximum absolute atomic E-state index is 12.7. The van der Waals surface area contributed by atoms with Gasteiger partial charge in [-0.3, -0.25) is 4.79 Å². The predicted octanol–water partition coefficient (Wildman–Crippen LogP) is 6.65. The first kappa shape index (κ1) is 24.0. The van der Waals surface area contributed by atoms with Crippen LogP contribution in [-0.4, -0.2) is 31.1 Å². The molecular formula is C26H46O4. The Bertz CT molecular complexity index is 491. The van der Waals surface area contributed by atoms with Crippen molar-refractivity contribution in [1.29, 1.82) is 0 Å². The van der Waals surface area contributed by atoms with Crippen LogP contribution in [0, 0.1) is 23.7 Å². The molecule has 30 heavy (non-hydrogen) atoms. The Morgan fingerprint density at radius 2 is 1.63 bits per heavy atom. The molecular weight excluding hydrogens is 376 g/mol. The Morgan fingerprint density at radius 3 is 2.27 bits per heavy atom. The molecule has 0 amide bonds. The molecule has 1 aliphatic heterocycles. The van der Waals surface area contributed by atoms with Gasteiger partial charge in [0.1, 0.15) is 6.10 Å². The predicted molar refractivity (Wildman–Crippen MR) is 120 cm³/mol. The topological polar surface area (TPSA) is 44.8 Å². The van der Waals surface area contributed by atoms with Crippen molar-refractivity contribution in [2.24, 2.45) is 23.7 Å². The summed E-state index contributed by atoms with van der Waals surface area (Å²) in [6, 6.07) is 0. The van der Waals surface area contributed by atoms with E-state index in [9.17, 15) is 4.79 Å². The fourth-order valence-electron chi connectivity index (χ4n) is 5.77. The van der Waals surface area contributed by atoms with Crippen LogP contribution in [0.25, 0.3) is 0 Å². The van der Waals surface area contributed by atoms with Crippen LogP contribution in [0.2, 0.25) is 0 Å². The van der Waals surface area contributed by atoms with Gasteiger partial charge in [0.05, 0.1) is 18.6 Å². The van der Waals surface area contributed by atoms with Gasteiger partial charge in [-0.25, -0.2) is 0 Å². The lowest BCUT2D eigenvalue weighted by Gasteiger charge is -2.40. The van der Waals surface area contributed by atoms with Crippen LogP contribution < -0.4 is 0 Å². The van der Waals surface area contributed by atoms with Gasteiger partial charge in [0, 0.05) is 11.8 Å². The van der Waals surface area contributed by atoms with E-state index in [1.165, 1.54) is 51.4 Å². The summed E-state index contributed by atoms with van der Waals surface area (Å²) < 4.78 is 18.3. The van der Waals surface area contributed by atoms with Gasteiger partial charge in [0.15, 0.2) is 6.29 Å². The SMILES string of the molecule is CCCCCC1COC([C@H]2CC[C@H](C(=O)O[C@H]3CC[C@H](CCC)CC3)CC2)OC1C.